The smallest absolute Gasteiger partial charge is 0.305 e. The fourth-order valence-electron chi connectivity index (χ4n) is 10.7. The number of unbranched alkanes of at least 4 members (excludes halogenated alkanes) is 31. The molecule has 72 heavy (non-hydrogen) atoms. The summed E-state index contributed by atoms with van der Waals surface area (Å²) in [6.07, 6.45) is 56.3. The van der Waals surface area contributed by atoms with E-state index in [1.807, 2.05) is 0 Å². The number of carbonyl (C=O) groups is 3. The van der Waals surface area contributed by atoms with Crippen molar-refractivity contribution in [2.45, 2.75) is 349 Å². The Morgan fingerprint density at radius 3 is 0.958 bits per heavy atom. The average Bonchev–Trinajstić information content (AvgIpc) is 3.37. The molecule has 7 nitrogen and oxygen atoms in total. The molecule has 1 amide bonds. The minimum absolute atomic E-state index is 0.00855. The van der Waals surface area contributed by atoms with E-state index in [2.05, 4.69) is 58.5 Å². The van der Waals surface area contributed by atoms with Crippen molar-refractivity contribution in [3.8, 4) is 0 Å². The van der Waals surface area contributed by atoms with E-state index in [0.29, 0.717) is 56.3 Å². The Hall–Kier alpha value is -1.63. The number of hydrogen-bond acceptors (Lipinski definition) is 6. The van der Waals surface area contributed by atoms with Crippen LogP contribution in [0.2, 0.25) is 0 Å². The third-order valence-electron chi connectivity index (χ3n) is 15.7. The number of ether oxygens (including phenoxy) is 2. The maximum atomic E-state index is 14.1. The molecule has 428 valence electrons. The fourth-order valence-corrected chi connectivity index (χ4v) is 10.7. The zero-order valence-electron chi connectivity index (χ0n) is 49.9. The summed E-state index contributed by atoms with van der Waals surface area (Å²) in [4.78, 5) is 44.5. The molecule has 0 radical (unpaired) electrons. The molecule has 0 aromatic heterocycles. The second-order valence-electron chi connectivity index (χ2n) is 23.1. The lowest BCUT2D eigenvalue weighted by molar-refractivity contribution is -0.146. The second kappa shape index (κ2) is 55.6. The Labute approximate surface area is 450 Å². The topological polar surface area (TPSA) is 76.1 Å². The summed E-state index contributed by atoms with van der Waals surface area (Å²) >= 11 is 0. The summed E-state index contributed by atoms with van der Waals surface area (Å²) in [6, 6.07) is 0.295. The molecule has 0 N–H and O–H groups in total. The molecule has 0 bridgehead atoms. The molecule has 0 saturated carbocycles. The summed E-state index contributed by atoms with van der Waals surface area (Å²) < 4.78 is 11.8. The van der Waals surface area contributed by atoms with Crippen LogP contribution in [0.25, 0.3) is 0 Å². The summed E-state index contributed by atoms with van der Waals surface area (Å²) in [7, 11) is 4.24. The van der Waals surface area contributed by atoms with Gasteiger partial charge in [-0.05, 0) is 103 Å². The fraction of sp³-hybridized carbons (Fsp3) is 0.954. The van der Waals surface area contributed by atoms with Gasteiger partial charge in [0.2, 0.25) is 5.91 Å². The maximum absolute atomic E-state index is 14.1. The van der Waals surface area contributed by atoms with Gasteiger partial charge < -0.3 is 19.3 Å². The largest absolute Gasteiger partial charge is 0.465 e. The van der Waals surface area contributed by atoms with Crippen molar-refractivity contribution in [2.24, 2.45) is 11.8 Å². The van der Waals surface area contributed by atoms with Gasteiger partial charge in [-0.1, -0.05) is 253 Å². The van der Waals surface area contributed by atoms with Crippen molar-refractivity contribution in [3.05, 3.63) is 0 Å². The van der Waals surface area contributed by atoms with Crippen LogP contribution in [0.4, 0.5) is 0 Å². The van der Waals surface area contributed by atoms with Gasteiger partial charge in [0, 0.05) is 31.8 Å². The molecular weight excluding hydrogens is 889 g/mol. The van der Waals surface area contributed by atoms with Gasteiger partial charge in [0.05, 0.1) is 13.2 Å². The minimum atomic E-state index is -0.0120. The molecule has 3 atom stereocenters. The predicted molar refractivity (Wildman–Crippen MR) is 313 cm³/mol. The number of amides is 1. The molecule has 0 aliphatic rings. The van der Waals surface area contributed by atoms with Crippen LogP contribution >= 0.6 is 0 Å². The van der Waals surface area contributed by atoms with Crippen LogP contribution < -0.4 is 0 Å². The van der Waals surface area contributed by atoms with Gasteiger partial charge >= 0.3 is 11.9 Å². The van der Waals surface area contributed by atoms with E-state index in [4.69, 9.17) is 9.47 Å². The van der Waals surface area contributed by atoms with Crippen molar-refractivity contribution in [1.29, 1.82) is 0 Å². The van der Waals surface area contributed by atoms with Crippen LogP contribution in [0.15, 0.2) is 0 Å². The molecule has 0 fully saturated rings. The van der Waals surface area contributed by atoms with Gasteiger partial charge in [-0.3, -0.25) is 14.4 Å². The number of rotatable bonds is 58. The Balaban J connectivity index is 5.27. The van der Waals surface area contributed by atoms with E-state index in [1.54, 1.807) is 0 Å². The first kappa shape index (κ1) is 70.4. The molecule has 7 heteroatoms. The van der Waals surface area contributed by atoms with Gasteiger partial charge in [-0.2, -0.15) is 0 Å². The SMILES string of the molecule is CCCCCCCCCCC(CCCCCCC(=O)OCC(CCCCCC)CCCCCCCC)N(CCCCCCCC(=O)OCC(CCCCCC)CCCCCCCC)C(=O)CCCCN(C)C. The van der Waals surface area contributed by atoms with Crippen molar-refractivity contribution < 1.29 is 23.9 Å². The van der Waals surface area contributed by atoms with Crippen molar-refractivity contribution in [3.63, 3.8) is 0 Å². The van der Waals surface area contributed by atoms with Gasteiger partial charge in [-0.15, -0.1) is 0 Å². The lowest BCUT2D eigenvalue weighted by atomic mass is 9.95. The molecule has 0 aromatic rings. The Morgan fingerprint density at radius 2 is 0.597 bits per heavy atom. The van der Waals surface area contributed by atoms with Crippen LogP contribution in [0, 0.1) is 11.8 Å². The van der Waals surface area contributed by atoms with Gasteiger partial charge in [0.15, 0.2) is 0 Å². The first-order valence-corrected chi connectivity index (χ1v) is 32.5. The van der Waals surface area contributed by atoms with E-state index in [1.165, 1.54) is 205 Å². The minimum Gasteiger partial charge on any atom is -0.465 e. The van der Waals surface area contributed by atoms with E-state index in [-0.39, 0.29) is 11.9 Å². The predicted octanol–water partition coefficient (Wildman–Crippen LogP) is 19.9. The first-order chi connectivity index (χ1) is 35.2. The molecule has 0 spiro atoms. The lowest BCUT2D eigenvalue weighted by Gasteiger charge is -2.33. The summed E-state index contributed by atoms with van der Waals surface area (Å²) in [5.41, 5.74) is 0. The van der Waals surface area contributed by atoms with Crippen molar-refractivity contribution in [2.75, 3.05) is 40.4 Å². The molecule has 3 unspecified atom stereocenters. The number of hydrogen-bond donors (Lipinski definition) is 0. The number of carbonyl (C=O) groups excluding carboxylic acids is 3. The zero-order valence-corrected chi connectivity index (χ0v) is 49.9. The van der Waals surface area contributed by atoms with E-state index in [0.717, 1.165) is 96.6 Å². The quantitative estimate of drug-likeness (QED) is 0.0446. The summed E-state index contributed by atoms with van der Waals surface area (Å²) in [6.45, 7) is 14.5. The van der Waals surface area contributed by atoms with Gasteiger partial charge in [-0.25, -0.2) is 0 Å². The first-order valence-electron chi connectivity index (χ1n) is 32.5. The molecular formula is C65H128N2O5. The second-order valence-corrected chi connectivity index (χ2v) is 23.1. The molecule has 0 aliphatic heterocycles. The Morgan fingerprint density at radius 1 is 0.319 bits per heavy atom. The standard InChI is InChI=1S/C65H128N2O5/c1-8-13-18-23-26-27-31-40-51-62(52-41-33-34-43-55-65(70)72-59-61(48-37-22-17-12-5)50-39-30-25-20-15-10-3)67(63(68)53-44-46-56-66(6)7)57-45-35-28-32-42-54-64(69)71-58-60(47-36-21-16-11-4)49-38-29-24-19-14-9-2/h60-62H,8-59H2,1-7H3. The van der Waals surface area contributed by atoms with Crippen molar-refractivity contribution >= 4 is 17.8 Å². The Bertz CT molecular complexity index is 1150. The Kier molecular flexibility index (Phi) is 54.3. The normalized spacial score (nSPS) is 12.9. The summed E-state index contributed by atoms with van der Waals surface area (Å²) in [5, 5.41) is 0. The number of esters is 2. The van der Waals surface area contributed by atoms with Crippen LogP contribution in [-0.2, 0) is 23.9 Å². The van der Waals surface area contributed by atoms with Crippen molar-refractivity contribution in [1.82, 2.24) is 9.80 Å². The maximum Gasteiger partial charge on any atom is 0.305 e. The monoisotopic (exact) mass is 1020 g/mol. The van der Waals surface area contributed by atoms with Gasteiger partial charge in [0.1, 0.15) is 0 Å². The highest BCUT2D eigenvalue weighted by Crippen LogP contribution is 2.24. The van der Waals surface area contributed by atoms with E-state index in [9.17, 15) is 14.4 Å². The molecule has 0 heterocycles. The van der Waals surface area contributed by atoms with E-state index >= 15 is 0 Å². The third kappa shape index (κ3) is 48.0. The van der Waals surface area contributed by atoms with Crippen LogP contribution in [0.5, 0.6) is 0 Å². The molecule has 0 aliphatic carbocycles. The van der Waals surface area contributed by atoms with Crippen LogP contribution in [-0.4, -0.2) is 74.1 Å². The highest BCUT2D eigenvalue weighted by atomic mass is 16.5. The molecule has 0 aromatic carbocycles. The average molecular weight is 1020 g/mol. The zero-order chi connectivity index (χ0) is 52.8. The summed E-state index contributed by atoms with van der Waals surface area (Å²) in [5.74, 6) is 1.35. The van der Waals surface area contributed by atoms with E-state index < -0.39 is 0 Å². The lowest BCUT2D eigenvalue weighted by Crippen LogP contribution is -2.41. The van der Waals surface area contributed by atoms with Crippen LogP contribution in [0.1, 0.15) is 343 Å². The molecule has 0 saturated heterocycles. The molecule has 0 rings (SSSR count). The highest BCUT2D eigenvalue weighted by molar-refractivity contribution is 5.76. The van der Waals surface area contributed by atoms with Crippen LogP contribution in [0.3, 0.4) is 0 Å². The van der Waals surface area contributed by atoms with Gasteiger partial charge in [0.25, 0.3) is 0 Å². The number of nitrogens with zero attached hydrogens (tertiary/aromatic N) is 2. The highest BCUT2D eigenvalue weighted by Gasteiger charge is 2.23. The third-order valence-corrected chi connectivity index (χ3v) is 15.7.